The summed E-state index contributed by atoms with van der Waals surface area (Å²) in [6.07, 6.45) is 0. The van der Waals surface area contributed by atoms with E-state index in [0.29, 0.717) is 11.3 Å². The van der Waals surface area contributed by atoms with Gasteiger partial charge in [-0.25, -0.2) is 4.79 Å². The summed E-state index contributed by atoms with van der Waals surface area (Å²) in [4.78, 5) is 12.4. The first-order chi connectivity index (χ1) is 10.9. The molecule has 1 unspecified atom stereocenters. The lowest BCUT2D eigenvalue weighted by Crippen LogP contribution is -2.26. The highest BCUT2D eigenvalue weighted by Gasteiger charge is 2.37. The Morgan fingerprint density at radius 1 is 1.39 bits per heavy atom. The molecule has 5 nitrogen and oxygen atoms in total. The lowest BCUT2D eigenvalue weighted by molar-refractivity contribution is -0.139. The summed E-state index contributed by atoms with van der Waals surface area (Å²) in [7, 11) is 0. The Morgan fingerprint density at radius 3 is 2.70 bits per heavy atom. The van der Waals surface area contributed by atoms with Crippen molar-refractivity contribution in [2.75, 3.05) is 6.61 Å². The van der Waals surface area contributed by atoms with E-state index in [2.05, 4.69) is 6.07 Å². The summed E-state index contributed by atoms with van der Waals surface area (Å²) in [6, 6.07) is 7.87. The first-order valence-corrected chi connectivity index (χ1v) is 7.43. The highest BCUT2D eigenvalue weighted by molar-refractivity contribution is 5.92. The largest absolute Gasteiger partial charge is 0.463 e. The quantitative estimate of drug-likeness (QED) is 0.867. The van der Waals surface area contributed by atoms with Crippen LogP contribution in [-0.2, 0) is 14.3 Å². The van der Waals surface area contributed by atoms with Crippen LogP contribution in [0.15, 0.2) is 41.0 Å². The molecule has 1 aliphatic rings. The normalized spacial score (nSPS) is 17.6. The molecule has 1 aromatic rings. The van der Waals surface area contributed by atoms with Gasteiger partial charge in [-0.1, -0.05) is 18.2 Å². The second-order valence-electron chi connectivity index (χ2n) is 5.40. The molecule has 5 heteroatoms. The number of hydrogen-bond donors (Lipinski definition) is 1. The zero-order valence-corrected chi connectivity index (χ0v) is 13.8. The number of carbonyl (C=O) groups is 1. The predicted octanol–water partition coefficient (Wildman–Crippen LogP) is 2.95. The Morgan fingerprint density at radius 2 is 2.09 bits per heavy atom. The van der Waals surface area contributed by atoms with E-state index in [1.165, 1.54) is 0 Å². The van der Waals surface area contributed by atoms with Gasteiger partial charge in [-0.2, -0.15) is 5.26 Å². The average molecular weight is 312 g/mol. The molecule has 0 saturated carbocycles. The van der Waals surface area contributed by atoms with E-state index in [-0.39, 0.29) is 18.1 Å². The van der Waals surface area contributed by atoms with Crippen LogP contribution in [0, 0.1) is 25.2 Å². The van der Waals surface area contributed by atoms with Crippen LogP contribution in [-0.4, -0.2) is 12.6 Å². The number of nitrogens with two attached hydrogens (primary N) is 1. The van der Waals surface area contributed by atoms with E-state index in [0.717, 1.165) is 16.7 Å². The standard InChI is InChI=1S/C18H20N2O3/c1-5-22-18(21)15-12(4)23-17(20)14(9-19)16(15)13-8-6-7-10(2)11(13)3/h6-8,16H,5,20H2,1-4H3. The molecule has 23 heavy (non-hydrogen) atoms. The molecule has 1 atom stereocenters. The summed E-state index contributed by atoms with van der Waals surface area (Å²) in [5.41, 5.74) is 9.38. The van der Waals surface area contributed by atoms with Crippen molar-refractivity contribution in [3.8, 4) is 6.07 Å². The van der Waals surface area contributed by atoms with E-state index in [1.54, 1.807) is 13.8 Å². The van der Waals surface area contributed by atoms with E-state index in [1.807, 2.05) is 32.0 Å². The fourth-order valence-electron chi connectivity index (χ4n) is 2.75. The van der Waals surface area contributed by atoms with Crippen molar-refractivity contribution in [3.05, 3.63) is 57.7 Å². The second-order valence-corrected chi connectivity index (χ2v) is 5.40. The van der Waals surface area contributed by atoms with Gasteiger partial charge < -0.3 is 15.2 Å². The molecule has 1 heterocycles. The first-order valence-electron chi connectivity index (χ1n) is 7.43. The number of nitrogens with zero attached hydrogens (tertiary/aromatic N) is 1. The third kappa shape index (κ3) is 2.93. The van der Waals surface area contributed by atoms with Crippen LogP contribution in [0.4, 0.5) is 0 Å². The molecule has 0 radical (unpaired) electrons. The minimum atomic E-state index is -0.576. The van der Waals surface area contributed by atoms with Gasteiger partial charge in [0.2, 0.25) is 5.88 Å². The smallest absolute Gasteiger partial charge is 0.338 e. The van der Waals surface area contributed by atoms with Crippen molar-refractivity contribution in [2.45, 2.75) is 33.6 Å². The van der Waals surface area contributed by atoms with Gasteiger partial charge in [0.05, 0.1) is 18.1 Å². The van der Waals surface area contributed by atoms with Crippen molar-refractivity contribution >= 4 is 5.97 Å². The van der Waals surface area contributed by atoms with Crippen molar-refractivity contribution in [2.24, 2.45) is 5.73 Å². The molecule has 2 rings (SSSR count). The van der Waals surface area contributed by atoms with Crippen LogP contribution in [0.25, 0.3) is 0 Å². The number of carbonyl (C=O) groups excluding carboxylic acids is 1. The van der Waals surface area contributed by atoms with Crippen molar-refractivity contribution in [3.63, 3.8) is 0 Å². The van der Waals surface area contributed by atoms with Gasteiger partial charge >= 0.3 is 5.97 Å². The molecule has 120 valence electrons. The number of allylic oxidation sites excluding steroid dienone is 2. The summed E-state index contributed by atoms with van der Waals surface area (Å²) in [5, 5.41) is 9.53. The number of esters is 1. The van der Waals surface area contributed by atoms with Crippen molar-refractivity contribution in [1.82, 2.24) is 0 Å². The summed E-state index contributed by atoms with van der Waals surface area (Å²) < 4.78 is 10.6. The maximum atomic E-state index is 12.4. The minimum Gasteiger partial charge on any atom is -0.463 e. The first kappa shape index (κ1) is 16.6. The number of hydrogen-bond acceptors (Lipinski definition) is 5. The number of ether oxygens (including phenoxy) is 2. The van der Waals surface area contributed by atoms with Crippen LogP contribution in [0.3, 0.4) is 0 Å². The van der Waals surface area contributed by atoms with E-state index in [9.17, 15) is 10.1 Å². The number of nitriles is 1. The Kier molecular flexibility index (Phi) is 4.75. The third-order valence-electron chi connectivity index (χ3n) is 4.06. The predicted molar refractivity (Wildman–Crippen MR) is 85.9 cm³/mol. The topological polar surface area (TPSA) is 85.3 Å². The number of rotatable bonds is 3. The Balaban J connectivity index is 2.69. The lowest BCUT2D eigenvalue weighted by atomic mass is 9.80. The van der Waals surface area contributed by atoms with Gasteiger partial charge in [-0.05, 0) is 44.4 Å². The second kappa shape index (κ2) is 6.57. The van der Waals surface area contributed by atoms with Gasteiger partial charge in [0.1, 0.15) is 17.4 Å². The summed E-state index contributed by atoms with van der Waals surface area (Å²) in [5.74, 6) is -0.668. The maximum Gasteiger partial charge on any atom is 0.338 e. The number of aryl methyl sites for hydroxylation is 1. The van der Waals surface area contributed by atoms with Crippen LogP contribution in [0.2, 0.25) is 0 Å². The fourth-order valence-corrected chi connectivity index (χ4v) is 2.75. The molecular weight excluding hydrogens is 292 g/mol. The lowest BCUT2D eigenvalue weighted by Gasteiger charge is -2.28. The summed E-state index contributed by atoms with van der Waals surface area (Å²) in [6.45, 7) is 7.59. The van der Waals surface area contributed by atoms with Gasteiger partial charge in [-0.15, -0.1) is 0 Å². The fraction of sp³-hybridized carbons (Fsp3) is 0.333. The molecule has 1 aromatic carbocycles. The zero-order valence-electron chi connectivity index (χ0n) is 13.8. The molecule has 2 N–H and O–H groups in total. The highest BCUT2D eigenvalue weighted by Crippen LogP contribution is 2.41. The zero-order chi connectivity index (χ0) is 17.1. The minimum absolute atomic E-state index is 0.0314. The molecule has 0 saturated heterocycles. The van der Waals surface area contributed by atoms with E-state index in [4.69, 9.17) is 15.2 Å². The Labute approximate surface area is 136 Å². The van der Waals surface area contributed by atoms with E-state index >= 15 is 0 Å². The van der Waals surface area contributed by atoms with E-state index < -0.39 is 11.9 Å². The van der Waals surface area contributed by atoms with Crippen LogP contribution < -0.4 is 5.73 Å². The molecule has 0 fully saturated rings. The molecule has 0 aromatic heterocycles. The highest BCUT2D eigenvalue weighted by atomic mass is 16.5. The van der Waals surface area contributed by atoms with Gasteiger partial charge in [0.15, 0.2) is 0 Å². The third-order valence-corrected chi connectivity index (χ3v) is 4.06. The molecule has 0 amide bonds. The molecule has 0 aliphatic carbocycles. The molecule has 0 bridgehead atoms. The maximum absolute atomic E-state index is 12.4. The Hall–Kier alpha value is -2.74. The Bertz CT molecular complexity index is 754. The van der Waals surface area contributed by atoms with Gasteiger partial charge in [-0.3, -0.25) is 0 Å². The van der Waals surface area contributed by atoms with Gasteiger partial charge in [0, 0.05) is 0 Å². The van der Waals surface area contributed by atoms with Crippen molar-refractivity contribution < 1.29 is 14.3 Å². The van der Waals surface area contributed by atoms with Gasteiger partial charge in [0.25, 0.3) is 0 Å². The number of benzene rings is 1. The summed E-state index contributed by atoms with van der Waals surface area (Å²) >= 11 is 0. The monoisotopic (exact) mass is 312 g/mol. The molecular formula is C18H20N2O3. The molecule has 0 spiro atoms. The average Bonchev–Trinajstić information content (AvgIpc) is 2.49. The SMILES string of the molecule is CCOC(=O)C1=C(C)OC(N)=C(C#N)C1c1cccc(C)c1C. The van der Waals surface area contributed by atoms with Crippen LogP contribution in [0.1, 0.15) is 36.5 Å². The van der Waals surface area contributed by atoms with Crippen LogP contribution in [0.5, 0.6) is 0 Å². The molecule has 1 aliphatic heterocycles. The van der Waals surface area contributed by atoms with Crippen LogP contribution >= 0.6 is 0 Å². The van der Waals surface area contributed by atoms with Crippen molar-refractivity contribution in [1.29, 1.82) is 5.26 Å².